The van der Waals surface area contributed by atoms with Crippen molar-refractivity contribution in [3.05, 3.63) is 23.3 Å². The van der Waals surface area contributed by atoms with Gasteiger partial charge in [-0.05, 0) is 93.4 Å². The van der Waals surface area contributed by atoms with Gasteiger partial charge >= 0.3 is 0 Å². The predicted octanol–water partition coefficient (Wildman–Crippen LogP) is 5.33. The molecule has 1 unspecified atom stereocenters. The highest BCUT2D eigenvalue weighted by Gasteiger charge is 2.50. The van der Waals surface area contributed by atoms with E-state index in [9.17, 15) is 10.2 Å². The average molecular weight is 416 g/mol. The molecule has 3 aliphatic carbocycles. The molecule has 170 valence electrons. The van der Waals surface area contributed by atoms with Crippen molar-refractivity contribution in [2.24, 2.45) is 29.1 Å². The van der Waals surface area contributed by atoms with Crippen LogP contribution in [0.4, 0.5) is 0 Å². The van der Waals surface area contributed by atoms with Crippen molar-refractivity contribution in [3.8, 4) is 0 Å². The molecule has 4 rings (SSSR count). The molecule has 1 saturated heterocycles. The third-order valence-corrected chi connectivity index (χ3v) is 9.29. The monoisotopic (exact) mass is 415 g/mol. The van der Waals surface area contributed by atoms with Crippen LogP contribution < -0.4 is 0 Å². The van der Waals surface area contributed by atoms with Crippen LogP contribution in [0.25, 0.3) is 0 Å². The number of aliphatic hydroxyl groups is 2. The second kappa shape index (κ2) is 9.46. The van der Waals surface area contributed by atoms with Crippen molar-refractivity contribution in [2.75, 3.05) is 19.6 Å². The Morgan fingerprint density at radius 1 is 1.13 bits per heavy atom. The van der Waals surface area contributed by atoms with Crippen LogP contribution in [-0.2, 0) is 0 Å². The smallest absolute Gasteiger partial charge is 0.0602 e. The van der Waals surface area contributed by atoms with E-state index in [2.05, 4.69) is 37.8 Å². The van der Waals surface area contributed by atoms with Crippen LogP contribution in [0, 0.1) is 29.1 Å². The Kier molecular flexibility index (Phi) is 7.11. The molecule has 0 aromatic carbocycles. The van der Waals surface area contributed by atoms with Gasteiger partial charge in [0, 0.05) is 13.1 Å². The summed E-state index contributed by atoms with van der Waals surface area (Å²) in [7, 11) is 0. The summed E-state index contributed by atoms with van der Waals surface area (Å²) in [5.74, 6) is 3.30. The topological polar surface area (TPSA) is 43.7 Å². The molecule has 4 fully saturated rings. The number of hydrogen-bond donors (Lipinski definition) is 2. The molecule has 1 aliphatic heterocycles. The van der Waals surface area contributed by atoms with Crippen LogP contribution in [0.1, 0.15) is 85.0 Å². The first kappa shape index (κ1) is 22.6. The Hall–Kier alpha value is -0.640. The maximum Gasteiger partial charge on any atom is 0.0602 e. The van der Waals surface area contributed by atoms with Crippen molar-refractivity contribution in [3.63, 3.8) is 0 Å². The molecule has 0 spiro atoms. The normalized spacial score (nSPS) is 42.5. The van der Waals surface area contributed by atoms with E-state index in [0.717, 1.165) is 36.5 Å². The van der Waals surface area contributed by atoms with Crippen molar-refractivity contribution < 1.29 is 10.2 Å². The van der Waals surface area contributed by atoms with Crippen LogP contribution in [0.2, 0.25) is 0 Å². The molecule has 3 nitrogen and oxygen atoms in total. The Labute approximate surface area is 184 Å². The van der Waals surface area contributed by atoms with Gasteiger partial charge in [0.05, 0.1) is 12.2 Å². The number of fused-ring (bicyclic) bond motifs is 1. The Bertz CT molecular complexity index is 643. The number of aliphatic hydroxyl groups excluding tert-OH is 2. The van der Waals surface area contributed by atoms with Crippen LogP contribution in [-0.4, -0.2) is 47.0 Å². The summed E-state index contributed by atoms with van der Waals surface area (Å²) in [6, 6.07) is 0. The van der Waals surface area contributed by atoms with Gasteiger partial charge in [0.1, 0.15) is 0 Å². The minimum absolute atomic E-state index is 0.371. The van der Waals surface area contributed by atoms with Gasteiger partial charge in [-0.15, -0.1) is 0 Å². The zero-order chi connectivity index (χ0) is 21.3. The van der Waals surface area contributed by atoms with Gasteiger partial charge in [0.2, 0.25) is 0 Å². The predicted molar refractivity (Wildman–Crippen MR) is 124 cm³/mol. The van der Waals surface area contributed by atoms with Gasteiger partial charge < -0.3 is 15.1 Å². The first-order chi connectivity index (χ1) is 14.4. The lowest BCUT2D eigenvalue weighted by molar-refractivity contribution is 0.0609. The standard InChI is InChI=1S/C27H45NO2/c1-4-20-11-13-28(18-20)17-19(2)25-9-10-26-22(6-5-12-27(25,26)3)8-7-21-14-23(29)16-24(30)15-21/h7-8,19-20,23-26,29-30H,4-6,9-18H2,1-3H3/b22-8+/t19?,20-,23-,24-,25-,26+,27-/m1/s1. The van der Waals surface area contributed by atoms with E-state index < -0.39 is 0 Å². The van der Waals surface area contributed by atoms with E-state index in [1.54, 1.807) is 5.57 Å². The van der Waals surface area contributed by atoms with Gasteiger partial charge in [-0.25, -0.2) is 0 Å². The van der Waals surface area contributed by atoms with E-state index in [-0.39, 0.29) is 12.2 Å². The lowest BCUT2D eigenvalue weighted by atomic mass is 9.61. The zero-order valence-corrected chi connectivity index (χ0v) is 19.7. The van der Waals surface area contributed by atoms with Gasteiger partial charge in [-0.3, -0.25) is 0 Å². The number of rotatable bonds is 5. The molecule has 7 atom stereocenters. The fourth-order valence-electron chi connectivity index (χ4n) is 7.69. The summed E-state index contributed by atoms with van der Waals surface area (Å²) in [5, 5.41) is 20.0. The number of nitrogens with zero attached hydrogens (tertiary/aromatic N) is 1. The third kappa shape index (κ3) is 4.74. The maximum atomic E-state index is 10.00. The largest absolute Gasteiger partial charge is 0.393 e. The van der Waals surface area contributed by atoms with Gasteiger partial charge in [-0.2, -0.15) is 0 Å². The minimum atomic E-state index is -0.371. The van der Waals surface area contributed by atoms with E-state index in [0.29, 0.717) is 11.8 Å². The lowest BCUT2D eigenvalue weighted by Gasteiger charge is -2.45. The number of likely N-dealkylation sites (tertiary alicyclic amines) is 1. The SMILES string of the molecule is CC[C@@H]1CCN(CC(C)[C@H]2CC[C@H]3/C(=C/C=C4C[C@@H](O)C[C@H](O)C4)CCC[C@]23C)C1. The first-order valence-corrected chi connectivity index (χ1v) is 12.9. The first-order valence-electron chi connectivity index (χ1n) is 12.9. The van der Waals surface area contributed by atoms with E-state index in [4.69, 9.17) is 0 Å². The summed E-state index contributed by atoms with van der Waals surface area (Å²) in [6.07, 6.45) is 15.3. The second-order valence-corrected chi connectivity index (χ2v) is 11.4. The van der Waals surface area contributed by atoms with Crippen LogP contribution in [0.3, 0.4) is 0 Å². The lowest BCUT2D eigenvalue weighted by Crippen LogP contribution is -2.39. The fraction of sp³-hybridized carbons (Fsp3) is 0.852. The summed E-state index contributed by atoms with van der Waals surface area (Å²) in [6.45, 7) is 11.4. The van der Waals surface area contributed by atoms with Crippen LogP contribution in [0.5, 0.6) is 0 Å². The van der Waals surface area contributed by atoms with E-state index >= 15 is 0 Å². The molecule has 1 heterocycles. The molecule has 4 aliphatic rings. The van der Waals surface area contributed by atoms with Gasteiger partial charge in [0.15, 0.2) is 0 Å². The summed E-state index contributed by atoms with van der Waals surface area (Å²) in [4.78, 5) is 2.75. The van der Waals surface area contributed by atoms with E-state index in [1.807, 2.05) is 0 Å². The minimum Gasteiger partial charge on any atom is -0.393 e. The highest BCUT2D eigenvalue weighted by atomic mass is 16.3. The molecule has 2 N–H and O–H groups in total. The van der Waals surface area contributed by atoms with Crippen LogP contribution in [0.15, 0.2) is 23.3 Å². The van der Waals surface area contributed by atoms with Gasteiger partial charge in [0.25, 0.3) is 0 Å². The Balaban J connectivity index is 1.42. The fourth-order valence-corrected chi connectivity index (χ4v) is 7.69. The molecule has 0 amide bonds. The highest BCUT2D eigenvalue weighted by molar-refractivity contribution is 5.26. The van der Waals surface area contributed by atoms with Crippen molar-refractivity contribution in [1.82, 2.24) is 4.90 Å². The Morgan fingerprint density at radius 2 is 1.90 bits per heavy atom. The van der Waals surface area contributed by atoms with Crippen molar-refractivity contribution in [1.29, 1.82) is 0 Å². The van der Waals surface area contributed by atoms with Crippen molar-refractivity contribution in [2.45, 2.75) is 97.2 Å². The zero-order valence-electron chi connectivity index (χ0n) is 19.7. The Morgan fingerprint density at radius 3 is 2.60 bits per heavy atom. The quantitative estimate of drug-likeness (QED) is 0.638. The average Bonchev–Trinajstić information content (AvgIpc) is 3.29. The van der Waals surface area contributed by atoms with Crippen molar-refractivity contribution >= 4 is 0 Å². The number of allylic oxidation sites excluding steroid dienone is 3. The summed E-state index contributed by atoms with van der Waals surface area (Å²) >= 11 is 0. The summed E-state index contributed by atoms with van der Waals surface area (Å²) < 4.78 is 0. The van der Waals surface area contributed by atoms with Gasteiger partial charge in [-0.1, -0.05) is 50.5 Å². The number of hydrogen-bond acceptors (Lipinski definition) is 3. The highest BCUT2D eigenvalue weighted by Crippen LogP contribution is 2.59. The molecule has 0 aromatic rings. The molecule has 30 heavy (non-hydrogen) atoms. The van der Waals surface area contributed by atoms with E-state index in [1.165, 1.54) is 70.2 Å². The third-order valence-electron chi connectivity index (χ3n) is 9.29. The molecular formula is C27H45NO2. The molecule has 0 radical (unpaired) electrons. The molecule has 3 saturated carbocycles. The molecule has 0 bridgehead atoms. The molecular weight excluding hydrogens is 370 g/mol. The molecule has 3 heteroatoms. The maximum absolute atomic E-state index is 10.00. The summed E-state index contributed by atoms with van der Waals surface area (Å²) in [5.41, 5.74) is 3.33. The second-order valence-electron chi connectivity index (χ2n) is 11.4. The molecule has 0 aromatic heterocycles. The van der Waals surface area contributed by atoms with Crippen LogP contribution >= 0.6 is 0 Å².